The van der Waals surface area contributed by atoms with E-state index in [4.69, 9.17) is 0 Å². The first-order chi connectivity index (χ1) is 5.65. The molecule has 0 aliphatic rings. The fraction of sp³-hybridized carbons (Fsp3) is 0.400. The van der Waals surface area contributed by atoms with E-state index in [0.717, 1.165) is 11.8 Å². The van der Waals surface area contributed by atoms with Crippen LogP contribution in [0.4, 0.5) is 0 Å². The van der Waals surface area contributed by atoms with E-state index in [1.165, 1.54) is 5.56 Å². The lowest BCUT2D eigenvalue weighted by atomic mass is 9.99. The molecule has 2 nitrogen and oxygen atoms in total. The van der Waals surface area contributed by atoms with Crippen LogP contribution in [0, 0.1) is 6.92 Å². The van der Waals surface area contributed by atoms with E-state index < -0.39 is 0 Å². The Morgan fingerprint density at radius 3 is 2.67 bits per heavy atom. The van der Waals surface area contributed by atoms with Crippen LogP contribution in [0.25, 0.3) is 0 Å². The van der Waals surface area contributed by atoms with Crippen molar-refractivity contribution in [3.05, 3.63) is 29.1 Å². The van der Waals surface area contributed by atoms with E-state index in [1.54, 1.807) is 6.20 Å². The number of hydrogen-bond donors (Lipinski definition) is 0. The third-order valence-electron chi connectivity index (χ3n) is 1.91. The van der Waals surface area contributed by atoms with Gasteiger partial charge >= 0.3 is 0 Å². The zero-order valence-electron chi connectivity index (χ0n) is 7.66. The summed E-state index contributed by atoms with van der Waals surface area (Å²) < 4.78 is 0. The van der Waals surface area contributed by atoms with E-state index in [9.17, 15) is 4.79 Å². The summed E-state index contributed by atoms with van der Waals surface area (Å²) in [5, 5.41) is 0. The highest BCUT2D eigenvalue weighted by Crippen LogP contribution is 2.17. The zero-order valence-corrected chi connectivity index (χ0v) is 7.66. The highest BCUT2D eigenvalue weighted by atomic mass is 16.1. The van der Waals surface area contributed by atoms with Crippen LogP contribution in [0.2, 0.25) is 0 Å². The molecule has 1 aromatic heterocycles. The smallest absolute Gasteiger partial charge is 0.168 e. The Morgan fingerprint density at radius 2 is 2.17 bits per heavy atom. The van der Waals surface area contributed by atoms with Gasteiger partial charge in [-0.05, 0) is 30.0 Å². The molecule has 0 unspecified atom stereocenters. The minimum absolute atomic E-state index is 0.451. The second kappa shape index (κ2) is 3.48. The summed E-state index contributed by atoms with van der Waals surface area (Å²) in [5.41, 5.74) is 2.87. The average molecular weight is 163 g/mol. The molecule has 1 heterocycles. The lowest BCUT2D eigenvalue weighted by molar-refractivity contribution is 0.111. The lowest BCUT2D eigenvalue weighted by Crippen LogP contribution is -1.96. The van der Waals surface area contributed by atoms with Crippen molar-refractivity contribution >= 4 is 6.29 Å². The van der Waals surface area contributed by atoms with Crippen LogP contribution in [-0.2, 0) is 0 Å². The van der Waals surface area contributed by atoms with Gasteiger partial charge in [0.25, 0.3) is 0 Å². The molecule has 0 spiro atoms. The molecule has 1 aromatic rings. The van der Waals surface area contributed by atoms with Gasteiger partial charge in [-0.3, -0.25) is 9.78 Å². The third kappa shape index (κ3) is 1.70. The number of pyridine rings is 1. The van der Waals surface area contributed by atoms with E-state index in [1.807, 2.05) is 13.0 Å². The van der Waals surface area contributed by atoms with Crippen LogP contribution in [0.1, 0.15) is 41.4 Å². The molecule has 0 N–H and O–H groups in total. The Labute approximate surface area is 72.6 Å². The van der Waals surface area contributed by atoms with Crippen molar-refractivity contribution < 1.29 is 4.79 Å². The molecule has 0 bridgehead atoms. The van der Waals surface area contributed by atoms with Crippen LogP contribution in [0.5, 0.6) is 0 Å². The third-order valence-corrected chi connectivity index (χ3v) is 1.91. The van der Waals surface area contributed by atoms with Crippen molar-refractivity contribution in [2.24, 2.45) is 0 Å². The first kappa shape index (κ1) is 8.91. The molecule has 0 aromatic carbocycles. The van der Waals surface area contributed by atoms with Crippen LogP contribution in [0.15, 0.2) is 12.3 Å². The van der Waals surface area contributed by atoms with Gasteiger partial charge in [-0.25, -0.2) is 0 Å². The lowest BCUT2D eigenvalue weighted by Gasteiger charge is -2.08. The van der Waals surface area contributed by atoms with Gasteiger partial charge in [-0.15, -0.1) is 0 Å². The fourth-order valence-corrected chi connectivity index (χ4v) is 1.24. The number of hydrogen-bond acceptors (Lipinski definition) is 2. The predicted molar refractivity (Wildman–Crippen MR) is 48.5 cm³/mol. The molecule has 0 atom stereocenters. The minimum atomic E-state index is 0.451. The van der Waals surface area contributed by atoms with Crippen LogP contribution in [0.3, 0.4) is 0 Å². The Hall–Kier alpha value is -1.18. The van der Waals surface area contributed by atoms with Crippen LogP contribution >= 0.6 is 0 Å². The van der Waals surface area contributed by atoms with Gasteiger partial charge < -0.3 is 0 Å². The van der Waals surface area contributed by atoms with E-state index in [-0.39, 0.29) is 0 Å². The van der Waals surface area contributed by atoms with Gasteiger partial charge in [0.1, 0.15) is 5.69 Å². The van der Waals surface area contributed by atoms with Gasteiger partial charge in [0.2, 0.25) is 0 Å². The summed E-state index contributed by atoms with van der Waals surface area (Å²) in [7, 11) is 0. The van der Waals surface area contributed by atoms with Gasteiger partial charge in [0.15, 0.2) is 6.29 Å². The largest absolute Gasteiger partial charge is 0.296 e. The Balaban J connectivity index is 3.16. The summed E-state index contributed by atoms with van der Waals surface area (Å²) in [6.07, 6.45) is 2.53. The average Bonchev–Trinajstić information content (AvgIpc) is 2.05. The number of carbonyl (C=O) groups excluding carboxylic acids is 1. The topological polar surface area (TPSA) is 30.0 Å². The first-order valence-corrected chi connectivity index (χ1v) is 4.07. The summed E-state index contributed by atoms with van der Waals surface area (Å²) in [6.45, 7) is 6.23. The summed E-state index contributed by atoms with van der Waals surface area (Å²) >= 11 is 0. The molecule has 0 radical (unpaired) electrons. The Morgan fingerprint density at radius 1 is 1.50 bits per heavy atom. The zero-order chi connectivity index (χ0) is 9.14. The number of aldehydes is 1. The standard InChI is InChI=1S/C10H13NO/c1-7(2)10-4-9(6-12)11-5-8(10)3/h4-7H,1-3H3. The summed E-state index contributed by atoms with van der Waals surface area (Å²) in [6, 6.07) is 1.85. The molecule has 0 amide bonds. The SMILES string of the molecule is Cc1cnc(C=O)cc1C(C)C. The molecule has 1 rings (SSSR count). The van der Waals surface area contributed by atoms with Crippen molar-refractivity contribution in [2.75, 3.05) is 0 Å². The molecular weight excluding hydrogens is 150 g/mol. The molecule has 64 valence electrons. The second-order valence-electron chi connectivity index (χ2n) is 3.24. The molecule has 0 aliphatic carbocycles. The van der Waals surface area contributed by atoms with E-state index in [0.29, 0.717) is 11.6 Å². The number of aryl methyl sites for hydroxylation is 1. The number of aromatic nitrogens is 1. The minimum Gasteiger partial charge on any atom is -0.296 e. The summed E-state index contributed by atoms with van der Waals surface area (Å²) in [4.78, 5) is 14.4. The maximum Gasteiger partial charge on any atom is 0.168 e. The summed E-state index contributed by atoms with van der Waals surface area (Å²) in [5.74, 6) is 0.451. The van der Waals surface area contributed by atoms with E-state index >= 15 is 0 Å². The monoisotopic (exact) mass is 163 g/mol. The number of nitrogens with zero attached hydrogens (tertiary/aromatic N) is 1. The number of rotatable bonds is 2. The van der Waals surface area contributed by atoms with Crippen molar-refractivity contribution in [1.29, 1.82) is 0 Å². The normalized spacial score (nSPS) is 10.3. The van der Waals surface area contributed by atoms with Crippen molar-refractivity contribution in [3.63, 3.8) is 0 Å². The van der Waals surface area contributed by atoms with Crippen LogP contribution < -0.4 is 0 Å². The molecule has 0 saturated heterocycles. The molecule has 0 fully saturated rings. The van der Waals surface area contributed by atoms with Gasteiger partial charge in [0, 0.05) is 6.20 Å². The number of carbonyl (C=O) groups is 1. The Kier molecular flexibility index (Phi) is 2.58. The highest BCUT2D eigenvalue weighted by Gasteiger charge is 2.04. The highest BCUT2D eigenvalue weighted by molar-refractivity contribution is 5.72. The fourth-order valence-electron chi connectivity index (χ4n) is 1.24. The molecular formula is C10H13NO. The molecule has 0 saturated carbocycles. The van der Waals surface area contributed by atoms with Crippen molar-refractivity contribution in [3.8, 4) is 0 Å². The van der Waals surface area contributed by atoms with Crippen molar-refractivity contribution in [2.45, 2.75) is 26.7 Å². The van der Waals surface area contributed by atoms with Crippen LogP contribution in [-0.4, -0.2) is 11.3 Å². The van der Waals surface area contributed by atoms with E-state index in [2.05, 4.69) is 18.8 Å². The quantitative estimate of drug-likeness (QED) is 0.626. The van der Waals surface area contributed by atoms with Crippen molar-refractivity contribution in [1.82, 2.24) is 4.98 Å². The molecule has 0 aliphatic heterocycles. The Bertz CT molecular complexity index is 292. The second-order valence-corrected chi connectivity index (χ2v) is 3.24. The molecule has 2 heteroatoms. The van der Waals surface area contributed by atoms with Gasteiger partial charge in [-0.2, -0.15) is 0 Å². The maximum atomic E-state index is 10.4. The van der Waals surface area contributed by atoms with Gasteiger partial charge in [-0.1, -0.05) is 13.8 Å². The van der Waals surface area contributed by atoms with Gasteiger partial charge in [0.05, 0.1) is 0 Å². The molecule has 12 heavy (non-hydrogen) atoms. The first-order valence-electron chi connectivity index (χ1n) is 4.07. The predicted octanol–water partition coefficient (Wildman–Crippen LogP) is 2.33. The maximum absolute atomic E-state index is 10.4.